The van der Waals surface area contributed by atoms with Crippen LogP contribution >= 0.6 is 0 Å². The Kier molecular flexibility index (Phi) is 4.28. The number of hydrogen-bond donors (Lipinski definition) is 2. The number of aliphatic hydroxyl groups is 2. The first kappa shape index (κ1) is 14.4. The predicted molar refractivity (Wildman–Crippen MR) is 86.1 cm³/mol. The summed E-state index contributed by atoms with van der Waals surface area (Å²) in [4.78, 5) is 4.37. The van der Waals surface area contributed by atoms with E-state index >= 15 is 0 Å². The molecule has 1 aromatic heterocycles. The van der Waals surface area contributed by atoms with Gasteiger partial charge in [-0.3, -0.25) is 4.98 Å². The topological polar surface area (TPSA) is 53.4 Å². The van der Waals surface area contributed by atoms with E-state index in [2.05, 4.69) is 4.98 Å². The highest BCUT2D eigenvalue weighted by Gasteiger charge is 2.16. The molecule has 110 valence electrons. The Balaban J connectivity index is 2.11. The molecule has 0 aliphatic rings. The number of aromatic nitrogens is 1. The van der Waals surface area contributed by atoms with E-state index in [1.165, 1.54) is 0 Å². The van der Waals surface area contributed by atoms with Gasteiger partial charge in [-0.25, -0.2) is 0 Å². The lowest BCUT2D eigenvalue weighted by atomic mass is 9.93. The fourth-order valence-corrected chi connectivity index (χ4v) is 2.50. The molecule has 0 aliphatic carbocycles. The summed E-state index contributed by atoms with van der Waals surface area (Å²) in [6.07, 6.45) is 0.991. The van der Waals surface area contributed by atoms with Crippen molar-refractivity contribution in [2.75, 3.05) is 0 Å². The Morgan fingerprint density at radius 2 is 1.68 bits per heavy atom. The zero-order valence-corrected chi connectivity index (χ0v) is 12.1. The van der Waals surface area contributed by atoms with Crippen LogP contribution in [-0.4, -0.2) is 15.2 Å². The van der Waals surface area contributed by atoms with E-state index in [9.17, 15) is 10.2 Å². The quantitative estimate of drug-likeness (QED) is 0.775. The molecule has 0 spiro atoms. The fourth-order valence-electron chi connectivity index (χ4n) is 2.50. The van der Waals surface area contributed by atoms with Gasteiger partial charge in [-0.05, 0) is 34.9 Å². The summed E-state index contributed by atoms with van der Waals surface area (Å²) in [5, 5.41) is 20.1. The molecule has 3 nitrogen and oxygen atoms in total. The third kappa shape index (κ3) is 2.91. The van der Waals surface area contributed by atoms with Crippen LogP contribution in [0.15, 0.2) is 72.9 Å². The largest absolute Gasteiger partial charge is 0.392 e. The maximum absolute atomic E-state index is 10.7. The monoisotopic (exact) mass is 291 g/mol. The molecule has 3 rings (SSSR count). The first-order valence-electron chi connectivity index (χ1n) is 7.17. The standard InChI is InChI=1S/C19H17NO2/c21-13-14-9-10-16(19(22)15-6-2-1-3-7-15)17(12-14)18-8-4-5-11-20-18/h1-12,19,21-22H,13H2. The van der Waals surface area contributed by atoms with Crippen LogP contribution in [0.4, 0.5) is 0 Å². The van der Waals surface area contributed by atoms with Crippen molar-refractivity contribution in [2.24, 2.45) is 0 Å². The van der Waals surface area contributed by atoms with Crippen molar-refractivity contribution in [3.8, 4) is 11.3 Å². The molecule has 1 heterocycles. The molecule has 1 unspecified atom stereocenters. The summed E-state index contributed by atoms with van der Waals surface area (Å²) in [7, 11) is 0. The number of aliphatic hydroxyl groups excluding tert-OH is 2. The Bertz CT molecular complexity index is 742. The summed E-state index contributed by atoms with van der Waals surface area (Å²) in [6.45, 7) is -0.0401. The molecule has 2 N–H and O–H groups in total. The summed E-state index contributed by atoms with van der Waals surface area (Å²) >= 11 is 0. The fraction of sp³-hybridized carbons (Fsp3) is 0.105. The van der Waals surface area contributed by atoms with Crippen LogP contribution in [0.1, 0.15) is 22.8 Å². The van der Waals surface area contributed by atoms with Crippen molar-refractivity contribution >= 4 is 0 Å². The van der Waals surface area contributed by atoms with Crippen LogP contribution in [0.3, 0.4) is 0 Å². The Morgan fingerprint density at radius 3 is 2.36 bits per heavy atom. The number of benzene rings is 2. The minimum atomic E-state index is -0.731. The molecule has 0 aliphatic heterocycles. The molecule has 0 radical (unpaired) electrons. The molecule has 0 fully saturated rings. The maximum Gasteiger partial charge on any atom is 0.105 e. The summed E-state index contributed by atoms with van der Waals surface area (Å²) in [5.74, 6) is 0. The molecule has 3 aromatic rings. The van der Waals surface area contributed by atoms with Crippen molar-refractivity contribution < 1.29 is 10.2 Å². The number of pyridine rings is 1. The van der Waals surface area contributed by atoms with Gasteiger partial charge in [0.05, 0.1) is 12.3 Å². The molecular weight excluding hydrogens is 274 g/mol. The lowest BCUT2D eigenvalue weighted by Gasteiger charge is -2.17. The van der Waals surface area contributed by atoms with Gasteiger partial charge >= 0.3 is 0 Å². The second-order valence-corrected chi connectivity index (χ2v) is 5.11. The lowest BCUT2D eigenvalue weighted by Crippen LogP contribution is -2.03. The molecule has 0 bridgehead atoms. The van der Waals surface area contributed by atoms with E-state index in [1.807, 2.05) is 66.7 Å². The lowest BCUT2D eigenvalue weighted by molar-refractivity contribution is 0.220. The van der Waals surface area contributed by atoms with Gasteiger partial charge in [0, 0.05) is 11.8 Å². The molecule has 0 saturated carbocycles. The van der Waals surface area contributed by atoms with E-state index in [-0.39, 0.29) is 6.61 Å². The van der Waals surface area contributed by atoms with Gasteiger partial charge in [0.25, 0.3) is 0 Å². The third-order valence-corrected chi connectivity index (χ3v) is 3.65. The van der Waals surface area contributed by atoms with Gasteiger partial charge in [-0.15, -0.1) is 0 Å². The van der Waals surface area contributed by atoms with Crippen molar-refractivity contribution in [3.63, 3.8) is 0 Å². The number of hydrogen-bond acceptors (Lipinski definition) is 3. The van der Waals surface area contributed by atoms with Gasteiger partial charge in [0.1, 0.15) is 6.10 Å². The Hall–Kier alpha value is -2.49. The molecule has 3 heteroatoms. The number of nitrogens with zero attached hydrogens (tertiary/aromatic N) is 1. The second kappa shape index (κ2) is 6.52. The third-order valence-electron chi connectivity index (χ3n) is 3.65. The van der Waals surface area contributed by atoms with Gasteiger partial charge in [0.15, 0.2) is 0 Å². The van der Waals surface area contributed by atoms with Gasteiger partial charge in [-0.2, -0.15) is 0 Å². The van der Waals surface area contributed by atoms with Crippen LogP contribution in [0.25, 0.3) is 11.3 Å². The maximum atomic E-state index is 10.7. The van der Waals surface area contributed by atoms with Crippen molar-refractivity contribution in [1.29, 1.82) is 0 Å². The summed E-state index contributed by atoms with van der Waals surface area (Å²) in [6, 6.07) is 20.7. The molecule has 0 amide bonds. The highest BCUT2D eigenvalue weighted by atomic mass is 16.3. The van der Waals surface area contributed by atoms with E-state index in [4.69, 9.17) is 0 Å². The average Bonchev–Trinajstić information content (AvgIpc) is 2.62. The average molecular weight is 291 g/mol. The summed E-state index contributed by atoms with van der Waals surface area (Å²) in [5.41, 5.74) is 4.02. The van der Waals surface area contributed by atoms with Crippen LogP contribution in [0.2, 0.25) is 0 Å². The molecule has 2 aromatic carbocycles. The Morgan fingerprint density at radius 1 is 0.909 bits per heavy atom. The van der Waals surface area contributed by atoms with E-state index in [0.717, 1.165) is 27.9 Å². The normalized spacial score (nSPS) is 12.1. The zero-order chi connectivity index (χ0) is 15.4. The second-order valence-electron chi connectivity index (χ2n) is 5.11. The Labute approximate surface area is 129 Å². The highest BCUT2D eigenvalue weighted by Crippen LogP contribution is 2.31. The van der Waals surface area contributed by atoms with Gasteiger partial charge < -0.3 is 10.2 Å². The first-order chi connectivity index (χ1) is 10.8. The molecular formula is C19H17NO2. The van der Waals surface area contributed by atoms with E-state index in [1.54, 1.807) is 6.20 Å². The smallest absolute Gasteiger partial charge is 0.105 e. The molecule has 1 atom stereocenters. The van der Waals surface area contributed by atoms with E-state index < -0.39 is 6.10 Å². The SMILES string of the molecule is OCc1ccc(C(O)c2ccccc2)c(-c2ccccn2)c1. The number of rotatable bonds is 4. The molecule has 22 heavy (non-hydrogen) atoms. The minimum absolute atomic E-state index is 0.0401. The highest BCUT2D eigenvalue weighted by molar-refractivity contribution is 5.66. The predicted octanol–water partition coefficient (Wildman–Crippen LogP) is 3.32. The zero-order valence-electron chi connectivity index (χ0n) is 12.1. The van der Waals surface area contributed by atoms with E-state index in [0.29, 0.717) is 0 Å². The minimum Gasteiger partial charge on any atom is -0.392 e. The first-order valence-corrected chi connectivity index (χ1v) is 7.17. The van der Waals surface area contributed by atoms with Crippen molar-refractivity contribution in [3.05, 3.63) is 89.6 Å². The van der Waals surface area contributed by atoms with Crippen LogP contribution in [0, 0.1) is 0 Å². The van der Waals surface area contributed by atoms with Crippen molar-refractivity contribution in [1.82, 2.24) is 4.98 Å². The summed E-state index contributed by atoms with van der Waals surface area (Å²) < 4.78 is 0. The van der Waals surface area contributed by atoms with Gasteiger partial charge in [0.2, 0.25) is 0 Å². The molecule has 0 saturated heterocycles. The van der Waals surface area contributed by atoms with Crippen LogP contribution in [-0.2, 0) is 6.61 Å². The van der Waals surface area contributed by atoms with Gasteiger partial charge in [-0.1, -0.05) is 48.5 Å². The van der Waals surface area contributed by atoms with Crippen molar-refractivity contribution in [2.45, 2.75) is 12.7 Å². The van der Waals surface area contributed by atoms with Crippen LogP contribution in [0.5, 0.6) is 0 Å². The van der Waals surface area contributed by atoms with Crippen LogP contribution < -0.4 is 0 Å².